The highest BCUT2D eigenvalue weighted by molar-refractivity contribution is 7.92. The molecule has 0 unspecified atom stereocenters. The van der Waals surface area contributed by atoms with Gasteiger partial charge in [-0.3, -0.25) is 4.72 Å². The van der Waals surface area contributed by atoms with E-state index in [1.54, 1.807) is 12.1 Å². The van der Waals surface area contributed by atoms with Crippen molar-refractivity contribution in [2.24, 2.45) is 0 Å². The second kappa shape index (κ2) is 9.66. The summed E-state index contributed by atoms with van der Waals surface area (Å²) in [6, 6.07) is 18.9. The first-order chi connectivity index (χ1) is 14.8. The number of aromatic carboxylic acids is 1. The van der Waals surface area contributed by atoms with Crippen LogP contribution in [0.3, 0.4) is 0 Å². The number of hydrogen-bond donors (Lipinski definition) is 2. The molecule has 0 amide bonds. The second-order valence-corrected chi connectivity index (χ2v) is 8.72. The molecule has 0 saturated carbocycles. The largest absolute Gasteiger partial charge is 0.494 e. The van der Waals surface area contributed by atoms with Crippen molar-refractivity contribution < 1.29 is 23.1 Å². The summed E-state index contributed by atoms with van der Waals surface area (Å²) in [5.41, 5.74) is 2.89. The fourth-order valence-electron chi connectivity index (χ4n) is 3.14. The highest BCUT2D eigenvalue weighted by Crippen LogP contribution is 2.25. The molecular weight excluding hydrogens is 414 g/mol. The predicted molar refractivity (Wildman–Crippen MR) is 121 cm³/mol. The highest BCUT2D eigenvalue weighted by Gasteiger charge is 2.18. The average Bonchev–Trinajstić information content (AvgIpc) is 2.78. The first-order valence-electron chi connectivity index (χ1n) is 10.1. The van der Waals surface area contributed by atoms with E-state index >= 15 is 0 Å². The molecule has 3 rings (SSSR count). The van der Waals surface area contributed by atoms with Gasteiger partial charge >= 0.3 is 5.97 Å². The lowest BCUT2D eigenvalue weighted by Crippen LogP contribution is -2.14. The van der Waals surface area contributed by atoms with Crippen molar-refractivity contribution in [2.45, 2.75) is 31.6 Å². The van der Waals surface area contributed by atoms with Crippen molar-refractivity contribution in [3.05, 3.63) is 77.9 Å². The summed E-state index contributed by atoms with van der Waals surface area (Å²) in [4.78, 5) is 11.4. The zero-order chi connectivity index (χ0) is 22.4. The number of carbonyl (C=O) groups is 1. The normalized spacial score (nSPS) is 11.2. The lowest BCUT2D eigenvalue weighted by Gasteiger charge is -2.11. The summed E-state index contributed by atoms with van der Waals surface area (Å²) in [5, 5.41) is 9.35. The lowest BCUT2D eigenvalue weighted by molar-refractivity contribution is 0.0695. The van der Waals surface area contributed by atoms with Gasteiger partial charge in [0.25, 0.3) is 10.0 Å². The first-order valence-corrected chi connectivity index (χ1v) is 11.5. The monoisotopic (exact) mass is 439 g/mol. The van der Waals surface area contributed by atoms with E-state index in [0.717, 1.165) is 23.3 Å². The topological polar surface area (TPSA) is 92.7 Å². The number of anilines is 1. The molecule has 0 fully saturated rings. The molecule has 2 N–H and O–H groups in total. The Labute approximate surface area is 182 Å². The van der Waals surface area contributed by atoms with Crippen LogP contribution >= 0.6 is 0 Å². The van der Waals surface area contributed by atoms with E-state index in [4.69, 9.17) is 4.74 Å². The third kappa shape index (κ3) is 5.44. The summed E-state index contributed by atoms with van der Waals surface area (Å²) in [5.74, 6) is -0.339. The molecule has 3 aromatic carbocycles. The van der Waals surface area contributed by atoms with Gasteiger partial charge in [0.05, 0.1) is 17.1 Å². The fraction of sp³-hybridized carbons (Fsp3) is 0.208. The molecule has 0 atom stereocenters. The van der Waals surface area contributed by atoms with Gasteiger partial charge in [-0.15, -0.1) is 0 Å². The summed E-state index contributed by atoms with van der Waals surface area (Å²) < 4.78 is 33.6. The van der Waals surface area contributed by atoms with Gasteiger partial charge in [-0.25, -0.2) is 13.2 Å². The Kier molecular flexibility index (Phi) is 6.97. The molecule has 6 nitrogen and oxygen atoms in total. The standard InChI is InChI=1S/C24H25NO5S/c1-3-15-30-21-12-7-19(8-13-21)18-5-10-20(11-6-18)25-31(28,29)22-14-9-17(4-2)23(16-22)24(26)27/h5-14,16,25H,3-4,15H2,1-2H3,(H,26,27). The average molecular weight is 440 g/mol. The van der Waals surface area contributed by atoms with Crippen molar-refractivity contribution in [3.8, 4) is 16.9 Å². The SMILES string of the molecule is CCCOc1ccc(-c2ccc(NS(=O)(=O)c3ccc(CC)c(C(=O)O)c3)cc2)cc1. The molecule has 0 aliphatic rings. The number of aryl methyl sites for hydroxylation is 1. The third-order valence-electron chi connectivity index (χ3n) is 4.80. The van der Waals surface area contributed by atoms with E-state index in [-0.39, 0.29) is 10.5 Å². The number of carboxylic acid groups (broad SMARTS) is 1. The van der Waals surface area contributed by atoms with Gasteiger partial charge in [-0.2, -0.15) is 0 Å². The molecule has 0 aromatic heterocycles. The van der Waals surface area contributed by atoms with Crippen molar-refractivity contribution in [2.75, 3.05) is 11.3 Å². The highest BCUT2D eigenvalue weighted by atomic mass is 32.2. The molecule has 0 aliphatic heterocycles. The van der Waals surface area contributed by atoms with E-state index in [0.29, 0.717) is 24.3 Å². The Morgan fingerprint density at radius 1 is 0.935 bits per heavy atom. The maximum Gasteiger partial charge on any atom is 0.336 e. The van der Waals surface area contributed by atoms with Gasteiger partial charge in [0, 0.05) is 5.69 Å². The number of rotatable bonds is 9. The minimum atomic E-state index is -3.92. The summed E-state index contributed by atoms with van der Waals surface area (Å²) in [7, 11) is -3.92. The van der Waals surface area contributed by atoms with Crippen LogP contribution in [-0.4, -0.2) is 26.1 Å². The van der Waals surface area contributed by atoms with Gasteiger partial charge in [-0.05, 0) is 65.9 Å². The Hall–Kier alpha value is -3.32. The number of ether oxygens (including phenoxy) is 1. The van der Waals surface area contributed by atoms with Crippen molar-refractivity contribution in [3.63, 3.8) is 0 Å². The molecule has 162 valence electrons. The first kappa shape index (κ1) is 22.4. The molecule has 0 spiro atoms. The van der Waals surface area contributed by atoms with E-state index in [1.165, 1.54) is 18.2 Å². The molecule has 0 heterocycles. The van der Waals surface area contributed by atoms with Crippen LogP contribution in [0.25, 0.3) is 11.1 Å². The van der Waals surface area contributed by atoms with Crippen LogP contribution in [0.15, 0.2) is 71.6 Å². The summed E-state index contributed by atoms with van der Waals surface area (Å²) >= 11 is 0. The van der Waals surface area contributed by atoms with E-state index in [2.05, 4.69) is 11.6 Å². The quantitative estimate of drug-likeness (QED) is 0.478. The Morgan fingerprint density at radius 2 is 1.55 bits per heavy atom. The van der Waals surface area contributed by atoms with Crippen LogP contribution in [0.2, 0.25) is 0 Å². The van der Waals surface area contributed by atoms with E-state index < -0.39 is 16.0 Å². The maximum atomic E-state index is 12.7. The number of carboxylic acids is 1. The minimum Gasteiger partial charge on any atom is -0.494 e. The smallest absolute Gasteiger partial charge is 0.336 e. The minimum absolute atomic E-state index is 0.00733. The Morgan fingerprint density at radius 3 is 2.10 bits per heavy atom. The molecule has 0 radical (unpaired) electrons. The maximum absolute atomic E-state index is 12.7. The molecule has 31 heavy (non-hydrogen) atoms. The summed E-state index contributed by atoms with van der Waals surface area (Å²) in [6.07, 6.45) is 1.45. The van der Waals surface area contributed by atoms with Crippen LogP contribution in [-0.2, 0) is 16.4 Å². The van der Waals surface area contributed by atoms with Crippen LogP contribution in [0.1, 0.15) is 36.2 Å². The number of hydrogen-bond acceptors (Lipinski definition) is 4. The van der Waals surface area contributed by atoms with Crippen LogP contribution in [0, 0.1) is 0 Å². The van der Waals surface area contributed by atoms with Gasteiger partial charge < -0.3 is 9.84 Å². The zero-order valence-corrected chi connectivity index (χ0v) is 18.3. The van der Waals surface area contributed by atoms with E-state index in [1.807, 2.05) is 43.3 Å². The van der Waals surface area contributed by atoms with Crippen LogP contribution in [0.5, 0.6) is 5.75 Å². The molecule has 0 saturated heterocycles. The van der Waals surface area contributed by atoms with Gasteiger partial charge in [0.15, 0.2) is 0 Å². The number of benzene rings is 3. The van der Waals surface area contributed by atoms with Gasteiger partial charge in [-0.1, -0.05) is 44.2 Å². The molecular formula is C24H25NO5S. The third-order valence-corrected chi connectivity index (χ3v) is 6.18. The lowest BCUT2D eigenvalue weighted by atomic mass is 10.1. The Balaban J connectivity index is 1.77. The van der Waals surface area contributed by atoms with E-state index in [9.17, 15) is 18.3 Å². The molecule has 0 bridgehead atoms. The van der Waals surface area contributed by atoms with Crippen molar-refractivity contribution in [1.82, 2.24) is 0 Å². The fourth-order valence-corrected chi connectivity index (χ4v) is 4.22. The molecule has 0 aliphatic carbocycles. The number of sulfonamides is 1. The van der Waals surface area contributed by atoms with Crippen LogP contribution < -0.4 is 9.46 Å². The van der Waals surface area contributed by atoms with Crippen molar-refractivity contribution >= 4 is 21.7 Å². The van der Waals surface area contributed by atoms with Crippen LogP contribution in [0.4, 0.5) is 5.69 Å². The van der Waals surface area contributed by atoms with Gasteiger partial charge in [0.1, 0.15) is 5.75 Å². The van der Waals surface area contributed by atoms with Gasteiger partial charge in [0.2, 0.25) is 0 Å². The molecule has 7 heteroatoms. The van der Waals surface area contributed by atoms with Crippen molar-refractivity contribution in [1.29, 1.82) is 0 Å². The Bertz CT molecular complexity index is 1150. The second-order valence-electron chi connectivity index (χ2n) is 7.03. The summed E-state index contributed by atoms with van der Waals surface area (Å²) in [6.45, 7) is 4.54. The molecule has 3 aromatic rings. The predicted octanol–water partition coefficient (Wildman–Crippen LogP) is 5.20. The zero-order valence-electron chi connectivity index (χ0n) is 17.5. The number of nitrogens with one attached hydrogen (secondary N) is 1.